The van der Waals surface area contributed by atoms with E-state index in [1.165, 1.54) is 24.1 Å². The SMILES string of the molecule is O=C(C1CCC(=O)N1c1ccccc1)N1CCc2ccc(N3CCCC3)cc21. The lowest BCUT2D eigenvalue weighted by atomic mass is 10.1. The molecule has 1 atom stereocenters. The van der Waals surface area contributed by atoms with Crippen molar-refractivity contribution in [2.45, 2.75) is 38.1 Å². The lowest BCUT2D eigenvalue weighted by Gasteiger charge is -2.29. The minimum Gasteiger partial charge on any atom is -0.371 e. The molecule has 0 aliphatic carbocycles. The van der Waals surface area contributed by atoms with Crippen LogP contribution in [0.1, 0.15) is 31.2 Å². The summed E-state index contributed by atoms with van der Waals surface area (Å²) in [6.45, 7) is 2.88. The minimum absolute atomic E-state index is 0.0368. The molecule has 1 unspecified atom stereocenters. The van der Waals surface area contributed by atoms with Crippen LogP contribution in [0.5, 0.6) is 0 Å². The summed E-state index contributed by atoms with van der Waals surface area (Å²) in [5.41, 5.74) is 4.28. The van der Waals surface area contributed by atoms with Crippen LogP contribution < -0.4 is 14.7 Å². The molecule has 2 amide bonds. The molecule has 28 heavy (non-hydrogen) atoms. The Balaban J connectivity index is 1.44. The van der Waals surface area contributed by atoms with E-state index in [0.717, 1.165) is 30.9 Å². The number of hydrogen-bond donors (Lipinski definition) is 0. The largest absolute Gasteiger partial charge is 0.371 e. The first-order chi connectivity index (χ1) is 13.7. The van der Waals surface area contributed by atoms with Crippen LogP contribution in [0, 0.1) is 0 Å². The molecule has 144 valence electrons. The lowest BCUT2D eigenvalue weighted by molar-refractivity contribution is -0.122. The van der Waals surface area contributed by atoms with Crippen molar-refractivity contribution >= 4 is 28.9 Å². The molecule has 0 bridgehead atoms. The standard InChI is InChI=1S/C23H25N3O2/c27-22-11-10-20(26(22)18-6-2-1-3-7-18)23(28)25-15-12-17-8-9-19(16-21(17)25)24-13-4-5-14-24/h1-3,6-9,16,20H,4-5,10-15H2. The number of hydrogen-bond acceptors (Lipinski definition) is 3. The molecule has 2 aromatic carbocycles. The third-order valence-corrected chi connectivity index (χ3v) is 6.23. The number of amides is 2. The molecule has 3 aliphatic heterocycles. The number of anilines is 3. The van der Waals surface area contributed by atoms with Gasteiger partial charge in [-0.2, -0.15) is 0 Å². The van der Waals surface area contributed by atoms with E-state index in [1.54, 1.807) is 4.90 Å². The second-order valence-corrected chi connectivity index (χ2v) is 7.90. The number of carbonyl (C=O) groups is 2. The van der Waals surface area contributed by atoms with E-state index in [4.69, 9.17) is 0 Å². The normalized spacial score (nSPS) is 21.5. The van der Waals surface area contributed by atoms with Gasteiger partial charge in [0.25, 0.3) is 0 Å². The Morgan fingerprint density at radius 1 is 0.893 bits per heavy atom. The molecule has 0 N–H and O–H groups in total. The molecule has 3 aliphatic rings. The molecular weight excluding hydrogens is 350 g/mol. The highest BCUT2D eigenvalue weighted by Crippen LogP contribution is 2.36. The molecule has 0 aromatic heterocycles. The third kappa shape index (κ3) is 2.86. The summed E-state index contributed by atoms with van der Waals surface area (Å²) in [5.74, 6) is 0.0850. The van der Waals surface area contributed by atoms with Gasteiger partial charge in [0, 0.05) is 43.1 Å². The van der Waals surface area contributed by atoms with Gasteiger partial charge in [-0.3, -0.25) is 14.5 Å². The van der Waals surface area contributed by atoms with Gasteiger partial charge < -0.3 is 9.80 Å². The summed E-state index contributed by atoms with van der Waals surface area (Å²) in [4.78, 5) is 32.0. The molecule has 0 radical (unpaired) electrons. The van der Waals surface area contributed by atoms with Gasteiger partial charge in [-0.25, -0.2) is 0 Å². The molecule has 0 saturated carbocycles. The van der Waals surface area contributed by atoms with Crippen molar-refractivity contribution in [1.82, 2.24) is 0 Å². The van der Waals surface area contributed by atoms with Gasteiger partial charge in [-0.1, -0.05) is 24.3 Å². The summed E-state index contributed by atoms with van der Waals surface area (Å²) in [7, 11) is 0. The summed E-state index contributed by atoms with van der Waals surface area (Å²) < 4.78 is 0. The molecular formula is C23H25N3O2. The zero-order chi connectivity index (χ0) is 19.1. The van der Waals surface area contributed by atoms with Gasteiger partial charge in [-0.05, 0) is 55.5 Å². The first kappa shape index (κ1) is 17.3. The van der Waals surface area contributed by atoms with Crippen LogP contribution in [-0.4, -0.2) is 37.5 Å². The average molecular weight is 375 g/mol. The summed E-state index contributed by atoms with van der Waals surface area (Å²) in [6, 6.07) is 15.7. The second-order valence-electron chi connectivity index (χ2n) is 7.90. The average Bonchev–Trinajstić information content (AvgIpc) is 3.47. The Hall–Kier alpha value is -2.82. The quantitative estimate of drug-likeness (QED) is 0.826. The maximum atomic E-state index is 13.5. The monoisotopic (exact) mass is 375 g/mol. The minimum atomic E-state index is -0.406. The zero-order valence-corrected chi connectivity index (χ0v) is 16.0. The predicted molar refractivity (Wildman–Crippen MR) is 111 cm³/mol. The summed E-state index contributed by atoms with van der Waals surface area (Å²) >= 11 is 0. The second kappa shape index (κ2) is 6.97. The van der Waals surface area contributed by atoms with E-state index in [9.17, 15) is 9.59 Å². The fraction of sp³-hybridized carbons (Fsp3) is 0.391. The smallest absolute Gasteiger partial charge is 0.250 e. The first-order valence-corrected chi connectivity index (χ1v) is 10.3. The Labute approximate surface area is 165 Å². The van der Waals surface area contributed by atoms with Gasteiger partial charge in [0.1, 0.15) is 6.04 Å². The maximum absolute atomic E-state index is 13.5. The molecule has 2 fully saturated rings. The maximum Gasteiger partial charge on any atom is 0.250 e. The van der Waals surface area contributed by atoms with Crippen molar-refractivity contribution in [2.24, 2.45) is 0 Å². The van der Waals surface area contributed by atoms with Crippen molar-refractivity contribution in [3.63, 3.8) is 0 Å². The van der Waals surface area contributed by atoms with Gasteiger partial charge in [0.05, 0.1) is 0 Å². The lowest BCUT2D eigenvalue weighted by Crippen LogP contribution is -2.46. The van der Waals surface area contributed by atoms with Gasteiger partial charge in [-0.15, -0.1) is 0 Å². The van der Waals surface area contributed by atoms with E-state index in [2.05, 4.69) is 23.1 Å². The molecule has 5 rings (SSSR count). The van der Waals surface area contributed by atoms with Crippen molar-refractivity contribution in [3.8, 4) is 0 Å². The third-order valence-electron chi connectivity index (χ3n) is 6.23. The number of carbonyl (C=O) groups excluding carboxylic acids is 2. The first-order valence-electron chi connectivity index (χ1n) is 10.3. The number of para-hydroxylation sites is 1. The van der Waals surface area contributed by atoms with Crippen LogP contribution in [0.4, 0.5) is 17.1 Å². The number of fused-ring (bicyclic) bond motifs is 1. The fourth-order valence-corrected chi connectivity index (χ4v) is 4.78. The predicted octanol–water partition coefficient (Wildman–Crippen LogP) is 3.37. The van der Waals surface area contributed by atoms with E-state index >= 15 is 0 Å². The number of benzene rings is 2. The van der Waals surface area contributed by atoms with Gasteiger partial charge in [0.15, 0.2) is 0 Å². The van der Waals surface area contributed by atoms with Gasteiger partial charge in [0.2, 0.25) is 11.8 Å². The Morgan fingerprint density at radius 2 is 1.68 bits per heavy atom. The van der Waals surface area contributed by atoms with Crippen LogP contribution in [0.15, 0.2) is 48.5 Å². The molecule has 3 heterocycles. The van der Waals surface area contributed by atoms with Crippen molar-refractivity contribution in [3.05, 3.63) is 54.1 Å². The van der Waals surface area contributed by atoms with Crippen LogP contribution in [0.3, 0.4) is 0 Å². The van der Waals surface area contributed by atoms with Crippen LogP contribution in [-0.2, 0) is 16.0 Å². The zero-order valence-electron chi connectivity index (χ0n) is 16.0. The van der Waals surface area contributed by atoms with E-state index in [0.29, 0.717) is 19.4 Å². The van der Waals surface area contributed by atoms with Crippen LogP contribution >= 0.6 is 0 Å². The molecule has 5 heteroatoms. The summed E-state index contributed by atoms with van der Waals surface area (Å²) in [6.07, 6.45) is 4.36. The van der Waals surface area contributed by atoms with Crippen molar-refractivity contribution in [1.29, 1.82) is 0 Å². The molecule has 5 nitrogen and oxygen atoms in total. The van der Waals surface area contributed by atoms with Crippen molar-refractivity contribution < 1.29 is 9.59 Å². The highest BCUT2D eigenvalue weighted by molar-refractivity contribution is 6.09. The Bertz CT molecular complexity index is 905. The summed E-state index contributed by atoms with van der Waals surface area (Å²) in [5, 5.41) is 0. The number of nitrogens with zero attached hydrogens (tertiary/aromatic N) is 3. The topological polar surface area (TPSA) is 43.9 Å². The molecule has 2 saturated heterocycles. The van der Waals surface area contributed by atoms with E-state index < -0.39 is 6.04 Å². The van der Waals surface area contributed by atoms with Gasteiger partial charge >= 0.3 is 0 Å². The Kier molecular flexibility index (Phi) is 4.30. The van der Waals surface area contributed by atoms with Crippen LogP contribution in [0.25, 0.3) is 0 Å². The Morgan fingerprint density at radius 3 is 2.46 bits per heavy atom. The fourth-order valence-electron chi connectivity index (χ4n) is 4.78. The van der Waals surface area contributed by atoms with Crippen LogP contribution in [0.2, 0.25) is 0 Å². The highest BCUT2D eigenvalue weighted by Gasteiger charge is 2.41. The molecule has 0 spiro atoms. The number of rotatable bonds is 3. The van der Waals surface area contributed by atoms with Crippen molar-refractivity contribution in [2.75, 3.05) is 34.3 Å². The molecule has 2 aromatic rings. The van der Waals surface area contributed by atoms with E-state index in [-0.39, 0.29) is 11.8 Å². The highest BCUT2D eigenvalue weighted by atomic mass is 16.2. The van der Waals surface area contributed by atoms with E-state index in [1.807, 2.05) is 35.2 Å².